The molecule has 2 nitrogen and oxygen atoms in total. The zero-order chi connectivity index (χ0) is 11.7. The molecule has 0 amide bonds. The van der Waals surface area contributed by atoms with Crippen molar-refractivity contribution in [2.24, 2.45) is 0 Å². The largest absolute Gasteiger partial charge is 0.397 e. The Morgan fingerprint density at radius 2 is 1.82 bits per heavy atom. The average Bonchev–Trinajstić information content (AvgIpc) is 2.75. The van der Waals surface area contributed by atoms with Crippen molar-refractivity contribution in [1.29, 1.82) is 0 Å². The molecule has 3 rings (SSSR count). The maximum atomic E-state index is 6.07. The van der Waals surface area contributed by atoms with Gasteiger partial charge in [-0.1, -0.05) is 42.5 Å². The van der Waals surface area contributed by atoms with Crippen LogP contribution in [0.4, 0.5) is 11.4 Å². The molecule has 0 bridgehead atoms. The Morgan fingerprint density at radius 1 is 1.00 bits per heavy atom. The van der Waals surface area contributed by atoms with Gasteiger partial charge in [-0.05, 0) is 23.6 Å². The van der Waals surface area contributed by atoms with Gasteiger partial charge in [-0.3, -0.25) is 0 Å². The van der Waals surface area contributed by atoms with Crippen molar-refractivity contribution >= 4 is 11.4 Å². The van der Waals surface area contributed by atoms with Crippen LogP contribution in [-0.4, -0.2) is 6.54 Å². The summed E-state index contributed by atoms with van der Waals surface area (Å²) in [6.45, 7) is 2.01. The first-order chi connectivity index (χ1) is 8.34. The molecule has 1 aliphatic rings. The van der Waals surface area contributed by atoms with Crippen LogP contribution in [0.3, 0.4) is 0 Å². The molecule has 0 radical (unpaired) electrons. The summed E-state index contributed by atoms with van der Waals surface area (Å²) < 4.78 is 0. The number of nitrogens with two attached hydrogens (primary N) is 1. The standard InChI is InChI=1S/C15H16N2/c16-14-8-4-7-13-9-10-17(15(13)14)11-12-5-2-1-3-6-12/h1-8H,9-11,16H2. The lowest BCUT2D eigenvalue weighted by molar-refractivity contribution is 0.837. The summed E-state index contributed by atoms with van der Waals surface area (Å²) in [6, 6.07) is 16.8. The third kappa shape index (κ3) is 1.86. The minimum Gasteiger partial charge on any atom is -0.397 e. The van der Waals surface area contributed by atoms with Crippen molar-refractivity contribution in [2.45, 2.75) is 13.0 Å². The highest BCUT2D eigenvalue weighted by Crippen LogP contribution is 2.34. The van der Waals surface area contributed by atoms with Gasteiger partial charge in [0.2, 0.25) is 0 Å². The molecular weight excluding hydrogens is 208 g/mol. The summed E-state index contributed by atoms with van der Waals surface area (Å²) in [4.78, 5) is 2.38. The molecule has 0 unspecified atom stereocenters. The van der Waals surface area contributed by atoms with Crippen molar-refractivity contribution in [3.63, 3.8) is 0 Å². The summed E-state index contributed by atoms with van der Waals surface area (Å²) in [7, 11) is 0. The number of nitrogens with zero attached hydrogens (tertiary/aromatic N) is 1. The molecule has 2 N–H and O–H groups in total. The summed E-state index contributed by atoms with van der Waals surface area (Å²) in [5.74, 6) is 0. The lowest BCUT2D eigenvalue weighted by atomic mass is 10.1. The quantitative estimate of drug-likeness (QED) is 0.795. The molecule has 2 heteroatoms. The van der Waals surface area contributed by atoms with E-state index >= 15 is 0 Å². The van der Waals surface area contributed by atoms with Gasteiger partial charge in [0, 0.05) is 13.1 Å². The van der Waals surface area contributed by atoms with Crippen LogP contribution in [0.2, 0.25) is 0 Å². The van der Waals surface area contributed by atoms with Crippen LogP contribution < -0.4 is 10.6 Å². The van der Waals surface area contributed by atoms with E-state index in [9.17, 15) is 0 Å². The van der Waals surface area contributed by atoms with E-state index in [2.05, 4.69) is 41.3 Å². The Labute approximate surface area is 102 Å². The maximum Gasteiger partial charge on any atom is 0.0636 e. The number of hydrogen-bond acceptors (Lipinski definition) is 2. The third-order valence-electron chi connectivity index (χ3n) is 3.33. The molecule has 17 heavy (non-hydrogen) atoms. The van der Waals surface area contributed by atoms with Crippen LogP contribution >= 0.6 is 0 Å². The Kier molecular flexibility index (Phi) is 2.48. The maximum absolute atomic E-state index is 6.07. The second-order valence-electron chi connectivity index (χ2n) is 4.51. The molecule has 0 aromatic heterocycles. The molecule has 1 aliphatic heterocycles. The number of rotatable bonds is 2. The minimum atomic E-state index is 0.899. The molecule has 2 aromatic carbocycles. The normalized spacial score (nSPS) is 13.8. The molecule has 0 aliphatic carbocycles. The van der Waals surface area contributed by atoms with Crippen molar-refractivity contribution < 1.29 is 0 Å². The highest BCUT2D eigenvalue weighted by atomic mass is 15.2. The van der Waals surface area contributed by atoms with E-state index in [1.807, 2.05) is 12.1 Å². The number of nitrogen functional groups attached to an aromatic ring is 1. The first-order valence-corrected chi connectivity index (χ1v) is 6.01. The number of hydrogen-bond donors (Lipinski definition) is 1. The molecule has 0 spiro atoms. The second-order valence-corrected chi connectivity index (χ2v) is 4.51. The minimum absolute atomic E-state index is 0.899. The van der Waals surface area contributed by atoms with Gasteiger partial charge in [0.25, 0.3) is 0 Å². The molecular formula is C15H16N2. The highest BCUT2D eigenvalue weighted by Gasteiger charge is 2.20. The summed E-state index contributed by atoms with van der Waals surface area (Å²) >= 11 is 0. The number of benzene rings is 2. The molecule has 2 aromatic rings. The van der Waals surface area contributed by atoms with Gasteiger partial charge in [-0.15, -0.1) is 0 Å². The van der Waals surface area contributed by atoms with E-state index in [4.69, 9.17) is 5.73 Å². The van der Waals surface area contributed by atoms with E-state index in [-0.39, 0.29) is 0 Å². The van der Waals surface area contributed by atoms with Gasteiger partial charge in [0.15, 0.2) is 0 Å². The van der Waals surface area contributed by atoms with Crippen LogP contribution in [0.15, 0.2) is 48.5 Å². The number of anilines is 2. The highest BCUT2D eigenvalue weighted by molar-refractivity contribution is 5.74. The van der Waals surface area contributed by atoms with Gasteiger partial charge in [-0.2, -0.15) is 0 Å². The van der Waals surface area contributed by atoms with Crippen LogP contribution in [-0.2, 0) is 13.0 Å². The molecule has 0 saturated heterocycles. The average molecular weight is 224 g/mol. The van der Waals surface area contributed by atoms with Crippen LogP contribution in [0, 0.1) is 0 Å². The fraction of sp³-hybridized carbons (Fsp3) is 0.200. The lowest BCUT2D eigenvalue weighted by Gasteiger charge is -2.21. The second kappa shape index (κ2) is 4.13. The van der Waals surface area contributed by atoms with Gasteiger partial charge in [0.1, 0.15) is 0 Å². The zero-order valence-electron chi connectivity index (χ0n) is 9.76. The fourth-order valence-electron chi connectivity index (χ4n) is 2.53. The van der Waals surface area contributed by atoms with E-state index in [1.165, 1.54) is 16.8 Å². The molecule has 86 valence electrons. The van der Waals surface area contributed by atoms with Crippen LogP contribution in [0.5, 0.6) is 0 Å². The van der Waals surface area contributed by atoms with Crippen molar-refractivity contribution in [2.75, 3.05) is 17.2 Å². The molecule has 0 saturated carbocycles. The first kappa shape index (κ1) is 10.2. The number of para-hydroxylation sites is 1. The SMILES string of the molecule is Nc1cccc2c1N(Cc1ccccc1)CC2. The van der Waals surface area contributed by atoms with E-state index in [1.54, 1.807) is 0 Å². The summed E-state index contributed by atoms with van der Waals surface area (Å²) in [5.41, 5.74) is 10.9. The summed E-state index contributed by atoms with van der Waals surface area (Å²) in [5, 5.41) is 0. The zero-order valence-corrected chi connectivity index (χ0v) is 9.76. The van der Waals surface area contributed by atoms with Crippen LogP contribution in [0.25, 0.3) is 0 Å². The Morgan fingerprint density at radius 3 is 2.65 bits per heavy atom. The summed E-state index contributed by atoms with van der Waals surface area (Å²) in [6.07, 6.45) is 1.10. The Hall–Kier alpha value is -1.96. The predicted octanol–water partition coefficient (Wildman–Crippen LogP) is 2.83. The van der Waals surface area contributed by atoms with Gasteiger partial charge in [0.05, 0.1) is 11.4 Å². The van der Waals surface area contributed by atoms with Crippen molar-refractivity contribution in [3.8, 4) is 0 Å². The Bertz CT molecular complexity index is 520. The predicted molar refractivity (Wildman–Crippen MR) is 72.1 cm³/mol. The van der Waals surface area contributed by atoms with Crippen LogP contribution in [0.1, 0.15) is 11.1 Å². The van der Waals surface area contributed by atoms with Gasteiger partial charge in [-0.25, -0.2) is 0 Å². The van der Waals surface area contributed by atoms with Gasteiger partial charge < -0.3 is 10.6 Å². The van der Waals surface area contributed by atoms with E-state index in [0.29, 0.717) is 0 Å². The molecule has 1 heterocycles. The fourth-order valence-corrected chi connectivity index (χ4v) is 2.53. The Balaban J connectivity index is 1.89. The molecule has 0 fully saturated rings. The van der Waals surface area contributed by atoms with Crippen molar-refractivity contribution in [1.82, 2.24) is 0 Å². The smallest absolute Gasteiger partial charge is 0.0636 e. The monoisotopic (exact) mass is 224 g/mol. The van der Waals surface area contributed by atoms with Crippen molar-refractivity contribution in [3.05, 3.63) is 59.7 Å². The number of fused-ring (bicyclic) bond motifs is 1. The molecule has 0 atom stereocenters. The third-order valence-corrected chi connectivity index (χ3v) is 3.33. The van der Waals surface area contributed by atoms with E-state index < -0.39 is 0 Å². The lowest BCUT2D eigenvalue weighted by Crippen LogP contribution is -2.20. The van der Waals surface area contributed by atoms with Gasteiger partial charge >= 0.3 is 0 Å². The topological polar surface area (TPSA) is 29.3 Å². The first-order valence-electron chi connectivity index (χ1n) is 6.01. The van der Waals surface area contributed by atoms with E-state index in [0.717, 1.165) is 25.2 Å².